The van der Waals surface area contributed by atoms with Gasteiger partial charge in [0.1, 0.15) is 0 Å². The molecule has 0 aliphatic rings. The van der Waals surface area contributed by atoms with Crippen molar-refractivity contribution in [2.24, 2.45) is 0 Å². The van der Waals surface area contributed by atoms with Crippen LogP contribution in [0.5, 0.6) is 0 Å². The van der Waals surface area contributed by atoms with Gasteiger partial charge in [-0.05, 0) is 36.9 Å². The number of nitrogens with one attached hydrogen (secondary N) is 1. The summed E-state index contributed by atoms with van der Waals surface area (Å²) in [4.78, 5) is 14.2. The molecule has 0 saturated heterocycles. The number of carbonyl (C=O) groups excluding carboxylic acids is 1. The van der Waals surface area contributed by atoms with Crippen LogP contribution in [0.15, 0.2) is 24.3 Å². The van der Waals surface area contributed by atoms with Crippen molar-refractivity contribution in [3.63, 3.8) is 0 Å². The first-order valence-corrected chi connectivity index (χ1v) is 7.68. The Morgan fingerprint density at radius 2 is 1.62 bits per heavy atom. The molecule has 0 fully saturated rings. The van der Waals surface area contributed by atoms with Crippen molar-refractivity contribution in [1.82, 2.24) is 10.2 Å². The zero-order valence-corrected chi connectivity index (χ0v) is 14.6. The standard InChI is InChI=1S/C18H30N2O/c1-8-19-18(5,6)16(21)20(7)13-14-9-11-15(12-10-14)17(2,3)4/h9-12,19H,8,13H2,1-7H3. The Kier molecular flexibility index (Phi) is 5.57. The molecule has 1 amide bonds. The third-order valence-corrected chi connectivity index (χ3v) is 3.74. The Morgan fingerprint density at radius 3 is 2.05 bits per heavy atom. The first kappa shape index (κ1) is 17.7. The van der Waals surface area contributed by atoms with E-state index in [1.165, 1.54) is 5.56 Å². The van der Waals surface area contributed by atoms with Crippen molar-refractivity contribution in [2.45, 2.75) is 59.0 Å². The predicted octanol–water partition coefficient (Wildman–Crippen LogP) is 3.33. The Labute approximate surface area is 129 Å². The van der Waals surface area contributed by atoms with Crippen molar-refractivity contribution in [1.29, 1.82) is 0 Å². The molecule has 0 heterocycles. The van der Waals surface area contributed by atoms with Gasteiger partial charge in [-0.15, -0.1) is 0 Å². The highest BCUT2D eigenvalue weighted by atomic mass is 16.2. The molecule has 118 valence electrons. The largest absolute Gasteiger partial charge is 0.340 e. The number of hydrogen-bond donors (Lipinski definition) is 1. The average molecular weight is 290 g/mol. The molecule has 0 aliphatic carbocycles. The predicted molar refractivity (Wildman–Crippen MR) is 89.4 cm³/mol. The van der Waals surface area contributed by atoms with E-state index in [1.54, 1.807) is 4.90 Å². The van der Waals surface area contributed by atoms with Gasteiger partial charge in [0.2, 0.25) is 5.91 Å². The number of benzene rings is 1. The monoisotopic (exact) mass is 290 g/mol. The van der Waals surface area contributed by atoms with Gasteiger partial charge in [-0.1, -0.05) is 52.0 Å². The van der Waals surface area contributed by atoms with E-state index in [0.717, 1.165) is 12.1 Å². The van der Waals surface area contributed by atoms with Crippen molar-refractivity contribution in [3.8, 4) is 0 Å². The number of carbonyl (C=O) groups is 1. The fraction of sp³-hybridized carbons (Fsp3) is 0.611. The highest BCUT2D eigenvalue weighted by Gasteiger charge is 2.29. The fourth-order valence-corrected chi connectivity index (χ4v) is 2.45. The van der Waals surface area contributed by atoms with Crippen LogP contribution in [-0.4, -0.2) is 29.9 Å². The topological polar surface area (TPSA) is 32.3 Å². The smallest absolute Gasteiger partial charge is 0.242 e. The fourth-order valence-electron chi connectivity index (χ4n) is 2.45. The third kappa shape index (κ3) is 4.85. The van der Waals surface area contributed by atoms with Crippen molar-refractivity contribution in [3.05, 3.63) is 35.4 Å². The van der Waals surface area contributed by atoms with E-state index in [4.69, 9.17) is 0 Å². The van der Waals surface area contributed by atoms with Crippen LogP contribution in [0.25, 0.3) is 0 Å². The number of hydrogen-bond acceptors (Lipinski definition) is 2. The second-order valence-electron chi connectivity index (χ2n) is 7.26. The van der Waals surface area contributed by atoms with E-state index >= 15 is 0 Å². The van der Waals surface area contributed by atoms with E-state index in [0.29, 0.717) is 6.54 Å². The summed E-state index contributed by atoms with van der Waals surface area (Å²) in [6.45, 7) is 13.9. The van der Waals surface area contributed by atoms with Crippen LogP contribution in [-0.2, 0) is 16.8 Å². The molecule has 1 rings (SSSR count). The highest BCUT2D eigenvalue weighted by molar-refractivity contribution is 5.85. The molecule has 0 aliphatic heterocycles. The molecular formula is C18H30N2O. The summed E-state index contributed by atoms with van der Waals surface area (Å²) in [6, 6.07) is 8.54. The zero-order valence-electron chi connectivity index (χ0n) is 14.6. The van der Waals surface area contributed by atoms with E-state index < -0.39 is 5.54 Å². The zero-order chi connectivity index (χ0) is 16.3. The Balaban J connectivity index is 2.75. The average Bonchev–Trinajstić information content (AvgIpc) is 2.37. The Hall–Kier alpha value is -1.35. The summed E-state index contributed by atoms with van der Waals surface area (Å²) in [6.07, 6.45) is 0. The lowest BCUT2D eigenvalue weighted by molar-refractivity contribution is -0.136. The molecule has 1 aromatic carbocycles. The number of rotatable bonds is 5. The summed E-state index contributed by atoms with van der Waals surface area (Å²) >= 11 is 0. The molecule has 21 heavy (non-hydrogen) atoms. The van der Waals surface area contributed by atoms with Crippen molar-refractivity contribution >= 4 is 5.91 Å². The molecular weight excluding hydrogens is 260 g/mol. The Bertz CT molecular complexity index is 469. The molecule has 0 aromatic heterocycles. The maximum atomic E-state index is 12.4. The lowest BCUT2D eigenvalue weighted by Gasteiger charge is -2.30. The lowest BCUT2D eigenvalue weighted by Crippen LogP contribution is -2.52. The van der Waals surface area contributed by atoms with Crippen LogP contribution in [0.2, 0.25) is 0 Å². The first-order chi connectivity index (χ1) is 9.58. The SMILES string of the molecule is CCNC(C)(C)C(=O)N(C)Cc1ccc(C(C)(C)C)cc1. The van der Waals surface area contributed by atoms with Crippen LogP contribution in [0.4, 0.5) is 0 Å². The van der Waals surface area contributed by atoms with Gasteiger partial charge in [0.15, 0.2) is 0 Å². The summed E-state index contributed by atoms with van der Waals surface area (Å²) in [5.41, 5.74) is 2.11. The van der Waals surface area contributed by atoms with Gasteiger partial charge >= 0.3 is 0 Å². The summed E-state index contributed by atoms with van der Waals surface area (Å²) in [7, 11) is 1.86. The van der Waals surface area contributed by atoms with E-state index in [-0.39, 0.29) is 11.3 Å². The molecule has 1 N–H and O–H groups in total. The normalized spacial score (nSPS) is 12.3. The second kappa shape index (κ2) is 6.61. The highest BCUT2D eigenvalue weighted by Crippen LogP contribution is 2.22. The van der Waals surface area contributed by atoms with Gasteiger partial charge in [-0.25, -0.2) is 0 Å². The minimum absolute atomic E-state index is 0.115. The van der Waals surface area contributed by atoms with Crippen LogP contribution in [0, 0.1) is 0 Å². The first-order valence-electron chi connectivity index (χ1n) is 7.68. The van der Waals surface area contributed by atoms with E-state index in [2.05, 4.69) is 50.4 Å². The number of nitrogens with zero attached hydrogens (tertiary/aromatic N) is 1. The molecule has 0 radical (unpaired) electrons. The van der Waals surface area contributed by atoms with Crippen LogP contribution < -0.4 is 5.32 Å². The van der Waals surface area contributed by atoms with Gasteiger partial charge in [0, 0.05) is 13.6 Å². The molecule has 1 aromatic rings. The minimum atomic E-state index is -0.519. The van der Waals surface area contributed by atoms with Crippen LogP contribution >= 0.6 is 0 Å². The third-order valence-electron chi connectivity index (χ3n) is 3.74. The molecule has 0 bridgehead atoms. The van der Waals surface area contributed by atoms with Crippen LogP contribution in [0.3, 0.4) is 0 Å². The maximum Gasteiger partial charge on any atom is 0.242 e. The number of amides is 1. The van der Waals surface area contributed by atoms with Crippen molar-refractivity contribution < 1.29 is 4.79 Å². The molecule has 0 saturated carbocycles. The lowest BCUT2D eigenvalue weighted by atomic mass is 9.87. The van der Waals surface area contributed by atoms with Crippen LogP contribution in [0.1, 0.15) is 52.7 Å². The number of likely N-dealkylation sites (N-methyl/N-ethyl adjacent to an activating group) is 2. The Morgan fingerprint density at radius 1 is 1.10 bits per heavy atom. The second-order valence-corrected chi connectivity index (χ2v) is 7.26. The summed E-state index contributed by atoms with van der Waals surface area (Å²) in [5, 5.41) is 3.23. The summed E-state index contributed by atoms with van der Waals surface area (Å²) < 4.78 is 0. The van der Waals surface area contributed by atoms with Gasteiger partial charge < -0.3 is 10.2 Å². The molecule has 0 unspecified atom stereocenters. The van der Waals surface area contributed by atoms with Gasteiger partial charge in [-0.3, -0.25) is 4.79 Å². The van der Waals surface area contributed by atoms with E-state index in [1.807, 2.05) is 27.8 Å². The molecule has 0 spiro atoms. The molecule has 3 heteroatoms. The van der Waals surface area contributed by atoms with Gasteiger partial charge in [0.25, 0.3) is 0 Å². The quantitative estimate of drug-likeness (QED) is 0.902. The molecule has 0 atom stereocenters. The minimum Gasteiger partial charge on any atom is -0.340 e. The maximum absolute atomic E-state index is 12.4. The molecule has 3 nitrogen and oxygen atoms in total. The van der Waals surface area contributed by atoms with Gasteiger partial charge in [0.05, 0.1) is 5.54 Å². The van der Waals surface area contributed by atoms with Crippen molar-refractivity contribution in [2.75, 3.05) is 13.6 Å². The summed E-state index contributed by atoms with van der Waals surface area (Å²) in [5.74, 6) is 0.115. The van der Waals surface area contributed by atoms with E-state index in [9.17, 15) is 4.79 Å². The van der Waals surface area contributed by atoms with Gasteiger partial charge in [-0.2, -0.15) is 0 Å².